The van der Waals surface area contributed by atoms with Gasteiger partial charge in [-0.3, -0.25) is 9.89 Å². The number of likely N-dealkylation sites (tertiary alicyclic amines) is 1. The molecule has 6 rings (SSSR count). The molecule has 4 aliphatic rings. The Morgan fingerprint density at radius 2 is 1.64 bits per heavy atom. The van der Waals surface area contributed by atoms with E-state index in [1.54, 1.807) is 0 Å². The number of aromatic nitrogens is 4. The van der Waals surface area contributed by atoms with Crippen LogP contribution in [0.2, 0.25) is 5.28 Å². The second kappa shape index (κ2) is 9.10. The van der Waals surface area contributed by atoms with Crippen LogP contribution in [-0.2, 0) is 5.66 Å². The van der Waals surface area contributed by atoms with Gasteiger partial charge in [-0.05, 0) is 67.7 Å². The fraction of sp³-hybridized carbons (Fsp3) is 0.692. The normalized spacial score (nSPS) is 27.9. The molecule has 1 saturated heterocycles. The molecule has 2 saturated carbocycles. The zero-order valence-electron chi connectivity index (χ0n) is 19.5. The highest BCUT2D eigenvalue weighted by Crippen LogP contribution is 2.42. The monoisotopic (exact) mass is 466 g/mol. The number of hydrogen-bond donors (Lipinski definition) is 0. The van der Waals surface area contributed by atoms with E-state index in [1.807, 2.05) is 18.6 Å². The van der Waals surface area contributed by atoms with E-state index in [9.17, 15) is 0 Å². The molecule has 2 aromatic heterocycles. The number of piperidine rings is 1. The van der Waals surface area contributed by atoms with Gasteiger partial charge in [0.2, 0.25) is 5.28 Å². The summed E-state index contributed by atoms with van der Waals surface area (Å²) in [7, 11) is 0. The highest BCUT2D eigenvalue weighted by molar-refractivity contribution is 6.28. The van der Waals surface area contributed by atoms with Crippen LogP contribution in [0.5, 0.6) is 0 Å². The van der Waals surface area contributed by atoms with Crippen LogP contribution in [0.25, 0.3) is 11.2 Å². The molecule has 2 aliphatic carbocycles. The summed E-state index contributed by atoms with van der Waals surface area (Å²) in [6.07, 6.45) is 24.1. The highest BCUT2D eigenvalue weighted by Gasteiger charge is 2.43. The van der Waals surface area contributed by atoms with Crippen LogP contribution in [0.3, 0.4) is 0 Å². The first-order valence-corrected chi connectivity index (χ1v) is 13.5. The van der Waals surface area contributed by atoms with Crippen LogP contribution >= 0.6 is 11.6 Å². The molecule has 33 heavy (non-hydrogen) atoms. The van der Waals surface area contributed by atoms with E-state index in [0.717, 1.165) is 41.8 Å². The van der Waals surface area contributed by atoms with Crippen molar-refractivity contribution in [3.63, 3.8) is 0 Å². The SMILES string of the molecule is Clc1nc(C2(N3CCC(CC4CCCCC4)CC3)C=CC=N2)c2ncn(C3CCCC3)c2n1. The van der Waals surface area contributed by atoms with E-state index in [0.29, 0.717) is 11.3 Å². The minimum absolute atomic E-state index is 0.291. The smallest absolute Gasteiger partial charge is 0.224 e. The van der Waals surface area contributed by atoms with Crippen LogP contribution in [0.1, 0.15) is 88.8 Å². The number of imidazole rings is 1. The van der Waals surface area contributed by atoms with Gasteiger partial charge in [0.25, 0.3) is 0 Å². The van der Waals surface area contributed by atoms with Crippen molar-refractivity contribution in [1.29, 1.82) is 0 Å². The predicted octanol–water partition coefficient (Wildman–Crippen LogP) is 6.07. The molecule has 1 unspecified atom stereocenters. The van der Waals surface area contributed by atoms with Gasteiger partial charge in [-0.2, -0.15) is 4.98 Å². The Balaban J connectivity index is 1.28. The van der Waals surface area contributed by atoms with E-state index in [-0.39, 0.29) is 0 Å². The first kappa shape index (κ1) is 21.7. The van der Waals surface area contributed by atoms with Gasteiger partial charge in [-0.15, -0.1) is 0 Å². The lowest BCUT2D eigenvalue weighted by molar-refractivity contribution is 0.0774. The molecule has 2 aromatic rings. The molecule has 0 radical (unpaired) electrons. The number of nitrogens with zero attached hydrogens (tertiary/aromatic N) is 6. The Labute approximate surface area is 201 Å². The quantitative estimate of drug-likeness (QED) is 0.501. The molecule has 2 aliphatic heterocycles. The zero-order chi connectivity index (χ0) is 22.3. The van der Waals surface area contributed by atoms with Crippen molar-refractivity contribution in [2.45, 2.75) is 88.8 Å². The molecule has 0 N–H and O–H groups in total. The highest BCUT2D eigenvalue weighted by atomic mass is 35.5. The number of aliphatic imine (C=N–C) groups is 1. The van der Waals surface area contributed by atoms with Gasteiger partial charge in [-0.1, -0.05) is 44.9 Å². The number of allylic oxidation sites excluding steroid dienone is 1. The van der Waals surface area contributed by atoms with Crippen molar-refractivity contribution in [3.05, 3.63) is 29.5 Å². The molecule has 0 aromatic carbocycles. The van der Waals surface area contributed by atoms with Crippen molar-refractivity contribution in [2.24, 2.45) is 16.8 Å². The van der Waals surface area contributed by atoms with E-state index < -0.39 is 5.66 Å². The van der Waals surface area contributed by atoms with Crippen molar-refractivity contribution in [2.75, 3.05) is 13.1 Å². The summed E-state index contributed by atoms with van der Waals surface area (Å²) in [6, 6.07) is 0.461. The zero-order valence-corrected chi connectivity index (χ0v) is 20.3. The Kier molecular flexibility index (Phi) is 5.99. The molecule has 1 atom stereocenters. The first-order chi connectivity index (χ1) is 16.2. The third kappa shape index (κ3) is 4.03. The van der Waals surface area contributed by atoms with Crippen LogP contribution in [0.4, 0.5) is 0 Å². The average molecular weight is 467 g/mol. The maximum Gasteiger partial charge on any atom is 0.224 e. The fourth-order valence-electron chi connectivity index (χ4n) is 6.85. The van der Waals surface area contributed by atoms with Crippen LogP contribution in [0.15, 0.2) is 23.5 Å². The lowest BCUT2D eigenvalue weighted by Crippen LogP contribution is -2.48. The van der Waals surface area contributed by atoms with Crippen molar-refractivity contribution < 1.29 is 0 Å². The topological polar surface area (TPSA) is 59.2 Å². The molecule has 0 bridgehead atoms. The third-order valence-electron chi connectivity index (χ3n) is 8.63. The average Bonchev–Trinajstić information content (AvgIpc) is 3.61. The van der Waals surface area contributed by atoms with E-state index in [2.05, 4.69) is 20.5 Å². The number of fused-ring (bicyclic) bond motifs is 1. The van der Waals surface area contributed by atoms with Gasteiger partial charge in [0.15, 0.2) is 11.3 Å². The Hall–Kier alpha value is -1.79. The molecule has 0 spiro atoms. The summed E-state index contributed by atoms with van der Waals surface area (Å²) < 4.78 is 2.23. The second-order valence-corrected chi connectivity index (χ2v) is 11.0. The maximum absolute atomic E-state index is 6.51. The minimum Gasteiger partial charge on any atom is -0.312 e. The Bertz CT molecular complexity index is 1030. The van der Waals surface area contributed by atoms with E-state index >= 15 is 0 Å². The molecule has 3 fully saturated rings. The lowest BCUT2D eigenvalue weighted by Gasteiger charge is -2.42. The molecular weight excluding hydrogens is 432 g/mol. The number of halogens is 1. The second-order valence-electron chi connectivity index (χ2n) is 10.6. The fourth-order valence-corrected chi connectivity index (χ4v) is 7.02. The van der Waals surface area contributed by atoms with Gasteiger partial charge in [0.1, 0.15) is 11.2 Å². The van der Waals surface area contributed by atoms with Crippen molar-refractivity contribution in [1.82, 2.24) is 24.4 Å². The summed E-state index contributed by atoms with van der Waals surface area (Å²) in [4.78, 5) is 21.7. The standard InChI is InChI=1S/C26H35ClN6/c27-25-30-23(22-24(31-25)33(18-28-22)21-9-4-5-10-21)26(13-6-14-29-26)32-15-11-20(12-16-32)17-19-7-2-1-3-8-19/h6,13-14,18-21H,1-5,7-12,15-17H2. The molecule has 6 nitrogen and oxygen atoms in total. The lowest BCUT2D eigenvalue weighted by atomic mass is 9.79. The van der Waals surface area contributed by atoms with Gasteiger partial charge >= 0.3 is 0 Å². The van der Waals surface area contributed by atoms with Gasteiger partial charge in [0, 0.05) is 25.3 Å². The Morgan fingerprint density at radius 3 is 2.36 bits per heavy atom. The summed E-state index contributed by atoms with van der Waals surface area (Å²) >= 11 is 6.51. The molecule has 176 valence electrons. The molecular formula is C26H35ClN6. The van der Waals surface area contributed by atoms with Crippen LogP contribution < -0.4 is 0 Å². The molecule has 7 heteroatoms. The first-order valence-electron chi connectivity index (χ1n) is 13.1. The van der Waals surface area contributed by atoms with Gasteiger partial charge < -0.3 is 4.57 Å². The summed E-state index contributed by atoms with van der Waals surface area (Å²) in [6.45, 7) is 2.07. The number of rotatable bonds is 5. The van der Waals surface area contributed by atoms with E-state index in [1.165, 1.54) is 77.0 Å². The largest absolute Gasteiger partial charge is 0.312 e. The van der Waals surface area contributed by atoms with Gasteiger partial charge in [0.05, 0.1) is 6.33 Å². The number of hydrogen-bond acceptors (Lipinski definition) is 5. The van der Waals surface area contributed by atoms with Crippen molar-refractivity contribution >= 4 is 29.0 Å². The van der Waals surface area contributed by atoms with E-state index in [4.69, 9.17) is 26.6 Å². The minimum atomic E-state index is -0.616. The van der Waals surface area contributed by atoms with Crippen LogP contribution in [-0.4, -0.2) is 43.7 Å². The molecule has 0 amide bonds. The predicted molar refractivity (Wildman–Crippen MR) is 133 cm³/mol. The summed E-state index contributed by atoms with van der Waals surface area (Å²) in [5.74, 6) is 1.79. The van der Waals surface area contributed by atoms with Crippen LogP contribution in [0, 0.1) is 11.8 Å². The Morgan fingerprint density at radius 1 is 0.909 bits per heavy atom. The van der Waals surface area contributed by atoms with Gasteiger partial charge in [-0.25, -0.2) is 9.97 Å². The maximum atomic E-state index is 6.51. The summed E-state index contributed by atoms with van der Waals surface area (Å²) in [5, 5.41) is 0.291. The molecule has 4 heterocycles. The third-order valence-corrected chi connectivity index (χ3v) is 8.80. The summed E-state index contributed by atoms with van der Waals surface area (Å²) in [5.41, 5.74) is 1.93. The van der Waals surface area contributed by atoms with Crippen molar-refractivity contribution in [3.8, 4) is 0 Å².